The normalized spacial score (nSPS) is 11.8. The van der Waals surface area contributed by atoms with Crippen LogP contribution in [0.3, 0.4) is 0 Å². The Balaban J connectivity index is 1.93. The number of hydrogen-bond donors (Lipinski definition) is 3. The highest BCUT2D eigenvalue weighted by molar-refractivity contribution is 5.85. The average molecular weight is 259 g/mol. The van der Waals surface area contributed by atoms with Crippen molar-refractivity contribution in [3.63, 3.8) is 0 Å². The molecule has 0 amide bonds. The first-order chi connectivity index (χ1) is 9.16. The molecule has 2 aromatic rings. The molecule has 6 nitrogen and oxygen atoms in total. The molecule has 0 aliphatic heterocycles. The van der Waals surface area contributed by atoms with Gasteiger partial charge >= 0.3 is 5.97 Å². The number of carboxylic acid groups (broad SMARTS) is 1. The quantitative estimate of drug-likeness (QED) is 0.749. The Bertz CT molecular complexity index is 543. The first-order valence-corrected chi connectivity index (χ1v) is 5.70. The minimum atomic E-state index is -1.12. The van der Waals surface area contributed by atoms with Crippen LogP contribution in [-0.2, 0) is 0 Å². The average Bonchev–Trinajstić information content (AvgIpc) is 2.46. The largest absolute Gasteiger partial charge is 0.476 e. The van der Waals surface area contributed by atoms with E-state index in [0.717, 1.165) is 5.56 Å². The maximum Gasteiger partial charge on any atom is 0.356 e. The number of aromatic nitrogens is 2. The molecule has 19 heavy (non-hydrogen) atoms. The number of nitrogens with one attached hydrogen (secondary N) is 1. The molecule has 98 valence electrons. The van der Waals surface area contributed by atoms with Crippen molar-refractivity contribution in [2.75, 3.05) is 11.9 Å². The van der Waals surface area contributed by atoms with Crippen LogP contribution < -0.4 is 5.32 Å². The maximum atomic E-state index is 10.6. The number of nitrogens with zero attached hydrogens (tertiary/aromatic N) is 2. The first-order valence-electron chi connectivity index (χ1n) is 5.70. The van der Waals surface area contributed by atoms with Gasteiger partial charge in [-0.15, -0.1) is 10.2 Å². The molecule has 0 aliphatic carbocycles. The number of carbonyl (C=O) groups is 1. The lowest BCUT2D eigenvalue weighted by molar-refractivity contribution is 0.0689. The van der Waals surface area contributed by atoms with Crippen LogP contribution in [0, 0.1) is 0 Å². The predicted molar refractivity (Wildman–Crippen MR) is 68.9 cm³/mol. The van der Waals surface area contributed by atoms with Gasteiger partial charge in [0.25, 0.3) is 0 Å². The molecule has 0 fully saturated rings. The lowest BCUT2D eigenvalue weighted by atomic mass is 10.1. The molecule has 0 aliphatic rings. The van der Waals surface area contributed by atoms with Gasteiger partial charge in [-0.2, -0.15) is 0 Å². The summed E-state index contributed by atoms with van der Waals surface area (Å²) >= 11 is 0. The molecule has 1 aromatic heterocycles. The Hall–Kier alpha value is -2.47. The van der Waals surface area contributed by atoms with Crippen molar-refractivity contribution >= 4 is 11.8 Å². The Labute approximate surface area is 109 Å². The molecule has 1 unspecified atom stereocenters. The monoisotopic (exact) mass is 259 g/mol. The molecule has 1 aromatic carbocycles. The predicted octanol–water partition coefficient (Wildman–Crippen LogP) is 1.32. The van der Waals surface area contributed by atoms with Crippen molar-refractivity contribution in [3.8, 4) is 0 Å². The number of carboxylic acids is 1. The number of aliphatic hydroxyl groups is 1. The molecule has 3 N–H and O–H groups in total. The van der Waals surface area contributed by atoms with E-state index in [9.17, 15) is 9.90 Å². The van der Waals surface area contributed by atoms with Crippen molar-refractivity contribution < 1.29 is 15.0 Å². The Morgan fingerprint density at radius 3 is 2.47 bits per heavy atom. The van der Waals surface area contributed by atoms with Crippen LogP contribution in [0.1, 0.15) is 22.2 Å². The Kier molecular flexibility index (Phi) is 4.04. The van der Waals surface area contributed by atoms with E-state index in [4.69, 9.17) is 5.11 Å². The van der Waals surface area contributed by atoms with Gasteiger partial charge in [-0.3, -0.25) is 0 Å². The fourth-order valence-corrected chi connectivity index (χ4v) is 1.53. The van der Waals surface area contributed by atoms with Gasteiger partial charge < -0.3 is 15.5 Å². The zero-order valence-corrected chi connectivity index (χ0v) is 10.0. The van der Waals surface area contributed by atoms with E-state index < -0.39 is 12.1 Å². The topological polar surface area (TPSA) is 95.3 Å². The van der Waals surface area contributed by atoms with Gasteiger partial charge in [0.2, 0.25) is 0 Å². The third kappa shape index (κ3) is 3.49. The van der Waals surface area contributed by atoms with Crippen LogP contribution in [0.2, 0.25) is 0 Å². The second-order valence-corrected chi connectivity index (χ2v) is 3.92. The number of benzene rings is 1. The third-order valence-electron chi connectivity index (χ3n) is 2.54. The molecule has 1 atom stereocenters. The minimum absolute atomic E-state index is 0.117. The molecule has 0 saturated heterocycles. The highest BCUT2D eigenvalue weighted by atomic mass is 16.4. The van der Waals surface area contributed by atoms with E-state index in [2.05, 4.69) is 15.5 Å². The summed E-state index contributed by atoms with van der Waals surface area (Å²) in [5.74, 6) is -0.705. The summed E-state index contributed by atoms with van der Waals surface area (Å²) in [6, 6.07) is 12.1. The van der Waals surface area contributed by atoms with Gasteiger partial charge in [0, 0.05) is 6.54 Å². The zero-order valence-electron chi connectivity index (χ0n) is 10.0. The summed E-state index contributed by atoms with van der Waals surface area (Å²) in [6.45, 7) is 0.269. The van der Waals surface area contributed by atoms with E-state index in [1.807, 2.05) is 30.3 Å². The van der Waals surface area contributed by atoms with Crippen LogP contribution in [0.25, 0.3) is 0 Å². The van der Waals surface area contributed by atoms with E-state index in [1.165, 1.54) is 12.1 Å². The number of aromatic carboxylic acids is 1. The van der Waals surface area contributed by atoms with Gasteiger partial charge in [-0.25, -0.2) is 4.79 Å². The number of hydrogen-bond acceptors (Lipinski definition) is 5. The fraction of sp³-hybridized carbons (Fsp3) is 0.154. The summed E-state index contributed by atoms with van der Waals surface area (Å²) in [7, 11) is 0. The van der Waals surface area contributed by atoms with Crippen molar-refractivity contribution in [1.82, 2.24) is 10.2 Å². The van der Waals surface area contributed by atoms with Crippen molar-refractivity contribution in [1.29, 1.82) is 0 Å². The van der Waals surface area contributed by atoms with Crippen LogP contribution in [0.5, 0.6) is 0 Å². The van der Waals surface area contributed by atoms with E-state index >= 15 is 0 Å². The Morgan fingerprint density at radius 2 is 1.89 bits per heavy atom. The smallest absolute Gasteiger partial charge is 0.356 e. The maximum absolute atomic E-state index is 10.6. The van der Waals surface area contributed by atoms with Gasteiger partial charge in [0.15, 0.2) is 5.69 Å². The second kappa shape index (κ2) is 5.92. The van der Waals surface area contributed by atoms with Gasteiger partial charge in [-0.05, 0) is 17.7 Å². The lowest BCUT2D eigenvalue weighted by Crippen LogP contribution is -2.13. The summed E-state index contributed by atoms with van der Waals surface area (Å²) in [6.07, 6.45) is -0.665. The zero-order chi connectivity index (χ0) is 13.7. The molecule has 0 saturated carbocycles. The van der Waals surface area contributed by atoms with Crippen LogP contribution >= 0.6 is 0 Å². The van der Waals surface area contributed by atoms with Crippen molar-refractivity contribution in [2.24, 2.45) is 0 Å². The number of anilines is 1. The SMILES string of the molecule is O=C(O)c1ccc(NCC(O)c2ccccc2)nn1. The first kappa shape index (κ1) is 13.0. The summed E-state index contributed by atoms with van der Waals surface area (Å²) < 4.78 is 0. The van der Waals surface area contributed by atoms with E-state index in [-0.39, 0.29) is 12.2 Å². The highest BCUT2D eigenvalue weighted by Crippen LogP contribution is 2.12. The minimum Gasteiger partial charge on any atom is -0.476 e. The lowest BCUT2D eigenvalue weighted by Gasteiger charge is -2.12. The summed E-state index contributed by atoms with van der Waals surface area (Å²) in [5.41, 5.74) is 0.680. The molecule has 6 heteroatoms. The second-order valence-electron chi connectivity index (χ2n) is 3.92. The summed E-state index contributed by atoms with van der Waals surface area (Å²) in [4.78, 5) is 10.6. The van der Waals surface area contributed by atoms with Crippen LogP contribution in [-0.4, -0.2) is 32.9 Å². The molecule has 2 rings (SSSR count). The number of rotatable bonds is 5. The molecular formula is C13H13N3O3. The Morgan fingerprint density at radius 1 is 1.16 bits per heavy atom. The molecule has 0 bridgehead atoms. The van der Waals surface area contributed by atoms with Gasteiger partial charge in [0.05, 0.1) is 6.10 Å². The van der Waals surface area contributed by atoms with Crippen LogP contribution in [0.15, 0.2) is 42.5 Å². The highest BCUT2D eigenvalue weighted by Gasteiger charge is 2.08. The number of aliphatic hydroxyl groups excluding tert-OH is 1. The van der Waals surface area contributed by atoms with Gasteiger partial charge in [-0.1, -0.05) is 30.3 Å². The molecule has 1 heterocycles. The standard InChI is InChI=1S/C13H13N3O3/c17-11(9-4-2-1-3-5-9)8-14-12-7-6-10(13(18)19)15-16-12/h1-7,11,17H,8H2,(H,14,16)(H,18,19). The van der Waals surface area contributed by atoms with Crippen molar-refractivity contribution in [2.45, 2.75) is 6.10 Å². The molecule has 0 spiro atoms. The van der Waals surface area contributed by atoms with Gasteiger partial charge in [0.1, 0.15) is 5.82 Å². The summed E-state index contributed by atoms with van der Waals surface area (Å²) in [5, 5.41) is 28.7. The van der Waals surface area contributed by atoms with E-state index in [1.54, 1.807) is 0 Å². The third-order valence-corrected chi connectivity index (χ3v) is 2.54. The van der Waals surface area contributed by atoms with Crippen molar-refractivity contribution in [3.05, 3.63) is 53.7 Å². The van der Waals surface area contributed by atoms with E-state index in [0.29, 0.717) is 5.82 Å². The molecular weight excluding hydrogens is 246 g/mol. The van der Waals surface area contributed by atoms with Crippen LogP contribution in [0.4, 0.5) is 5.82 Å². The molecule has 0 radical (unpaired) electrons. The fourth-order valence-electron chi connectivity index (χ4n) is 1.53.